The van der Waals surface area contributed by atoms with Gasteiger partial charge in [-0.25, -0.2) is 4.79 Å². The van der Waals surface area contributed by atoms with Crippen molar-refractivity contribution in [3.63, 3.8) is 0 Å². The molecular weight excluding hydrogens is 195 g/mol. The minimum absolute atomic E-state index is 0.333. The summed E-state index contributed by atoms with van der Waals surface area (Å²) in [6.45, 7) is 5.19. The minimum atomic E-state index is -1.00. The molecule has 0 bridgehead atoms. The second kappa shape index (κ2) is 4.73. The number of halogens is 1. The van der Waals surface area contributed by atoms with Crippen LogP contribution in [0.1, 0.15) is 18.9 Å². The van der Waals surface area contributed by atoms with Crippen LogP contribution >= 0.6 is 0 Å². The molecule has 2 nitrogen and oxygen atoms in total. The van der Waals surface area contributed by atoms with Gasteiger partial charge in [-0.3, -0.25) is 4.94 Å². The summed E-state index contributed by atoms with van der Waals surface area (Å²) in [5.74, 6) is -0.895. The zero-order valence-corrected chi connectivity index (χ0v) is 8.57. The first-order valence-corrected chi connectivity index (χ1v) is 4.64. The zero-order valence-electron chi connectivity index (χ0n) is 8.57. The van der Waals surface area contributed by atoms with Crippen LogP contribution in [0.15, 0.2) is 43.0 Å². The van der Waals surface area contributed by atoms with E-state index in [4.69, 9.17) is 0 Å². The van der Waals surface area contributed by atoms with Crippen molar-refractivity contribution in [3.8, 4) is 0 Å². The predicted octanol–water partition coefficient (Wildman–Crippen LogP) is 2.95. The van der Waals surface area contributed by atoms with E-state index in [1.54, 1.807) is 37.3 Å². The molecule has 0 N–H and O–H groups in total. The summed E-state index contributed by atoms with van der Waals surface area (Å²) in [6.07, 6.45) is 1.91. The number of carbonyl (C=O) groups excluding carboxylic acids is 1. The summed E-state index contributed by atoms with van der Waals surface area (Å²) in [5.41, 5.74) is -0.287. The first kappa shape index (κ1) is 11.4. The highest BCUT2D eigenvalue weighted by molar-refractivity contribution is 5.82. The summed E-state index contributed by atoms with van der Waals surface area (Å²) in [4.78, 5) is 14.7. The van der Waals surface area contributed by atoms with E-state index < -0.39 is 11.4 Å². The molecule has 80 valence electrons. The van der Waals surface area contributed by atoms with Crippen LogP contribution in [-0.2, 0) is 15.2 Å². The van der Waals surface area contributed by atoms with Crippen LogP contribution in [0.25, 0.3) is 0 Å². The Hall–Kier alpha value is -1.64. The molecule has 0 aliphatic carbocycles. The van der Waals surface area contributed by atoms with Gasteiger partial charge in [0, 0.05) is 4.53 Å². The quantitative estimate of drug-likeness (QED) is 0.711. The van der Waals surface area contributed by atoms with Crippen LogP contribution in [-0.4, -0.2) is 5.97 Å². The van der Waals surface area contributed by atoms with Crippen LogP contribution in [0.5, 0.6) is 0 Å². The van der Waals surface area contributed by atoms with E-state index >= 15 is 0 Å². The molecule has 0 radical (unpaired) electrons. The molecule has 0 saturated heterocycles. The second-order valence-electron chi connectivity index (χ2n) is 3.56. The van der Waals surface area contributed by atoms with Crippen molar-refractivity contribution in [1.82, 2.24) is 0 Å². The zero-order chi connectivity index (χ0) is 11.3. The number of carbonyl (C=O) groups is 1. The van der Waals surface area contributed by atoms with Gasteiger partial charge in [-0.05, 0) is 18.9 Å². The maximum absolute atomic E-state index is 12.0. The van der Waals surface area contributed by atoms with Crippen molar-refractivity contribution < 1.29 is 14.3 Å². The van der Waals surface area contributed by atoms with Gasteiger partial charge >= 0.3 is 5.97 Å². The topological polar surface area (TPSA) is 26.3 Å². The van der Waals surface area contributed by atoms with E-state index in [0.717, 1.165) is 0 Å². The SMILES string of the molecule is C=CCC(C)(C(=O)OF)c1ccccc1. The Morgan fingerprint density at radius 3 is 2.60 bits per heavy atom. The number of rotatable bonds is 4. The first-order valence-electron chi connectivity index (χ1n) is 4.64. The predicted molar refractivity (Wildman–Crippen MR) is 55.8 cm³/mol. The average molecular weight is 208 g/mol. The van der Waals surface area contributed by atoms with E-state index in [0.29, 0.717) is 12.0 Å². The van der Waals surface area contributed by atoms with E-state index in [2.05, 4.69) is 11.5 Å². The van der Waals surface area contributed by atoms with E-state index in [1.165, 1.54) is 0 Å². The number of allylic oxidation sites excluding steroid dienone is 1. The highest BCUT2D eigenvalue weighted by Gasteiger charge is 2.36. The van der Waals surface area contributed by atoms with Crippen molar-refractivity contribution in [2.75, 3.05) is 0 Å². The molecule has 0 aliphatic rings. The standard InChI is InChI=1S/C12H13FO2/c1-3-9-12(2,11(14)15-13)10-7-5-4-6-8-10/h3-8H,1,9H2,2H3. The molecule has 0 aliphatic heterocycles. The molecule has 0 fully saturated rings. The average Bonchev–Trinajstić information content (AvgIpc) is 2.29. The molecule has 0 saturated carbocycles. The van der Waals surface area contributed by atoms with Gasteiger partial charge in [-0.2, -0.15) is 0 Å². The second-order valence-corrected chi connectivity index (χ2v) is 3.56. The van der Waals surface area contributed by atoms with Crippen LogP contribution in [0.2, 0.25) is 0 Å². The normalized spacial score (nSPS) is 14.0. The van der Waals surface area contributed by atoms with Gasteiger partial charge in [0.15, 0.2) is 0 Å². The van der Waals surface area contributed by atoms with Crippen molar-refractivity contribution in [3.05, 3.63) is 48.6 Å². The lowest BCUT2D eigenvalue weighted by Crippen LogP contribution is -2.32. The Morgan fingerprint density at radius 1 is 1.53 bits per heavy atom. The van der Waals surface area contributed by atoms with Gasteiger partial charge in [0.2, 0.25) is 0 Å². The Morgan fingerprint density at radius 2 is 2.13 bits per heavy atom. The maximum Gasteiger partial charge on any atom is 0.359 e. The third kappa shape index (κ3) is 2.24. The summed E-state index contributed by atoms with van der Waals surface area (Å²) in [7, 11) is 0. The van der Waals surface area contributed by atoms with Crippen LogP contribution < -0.4 is 0 Å². The van der Waals surface area contributed by atoms with Gasteiger partial charge in [0.25, 0.3) is 0 Å². The minimum Gasteiger partial charge on any atom is -0.254 e. The molecule has 1 aromatic carbocycles. The third-order valence-corrected chi connectivity index (χ3v) is 2.48. The third-order valence-electron chi connectivity index (χ3n) is 2.48. The van der Waals surface area contributed by atoms with Crippen LogP contribution in [0.3, 0.4) is 0 Å². The molecule has 15 heavy (non-hydrogen) atoms. The van der Waals surface area contributed by atoms with E-state index in [1.807, 2.05) is 6.07 Å². The fourth-order valence-corrected chi connectivity index (χ4v) is 1.50. The molecule has 1 rings (SSSR count). The molecule has 3 heteroatoms. The first-order chi connectivity index (χ1) is 7.15. The van der Waals surface area contributed by atoms with Gasteiger partial charge in [0.05, 0.1) is 5.41 Å². The molecule has 1 aromatic rings. The highest BCUT2D eigenvalue weighted by atomic mass is 19.3. The molecule has 0 amide bonds. The van der Waals surface area contributed by atoms with Crippen molar-refractivity contribution >= 4 is 5.97 Å². The molecule has 1 unspecified atom stereocenters. The summed E-state index contributed by atoms with van der Waals surface area (Å²) in [6, 6.07) is 8.95. The Kier molecular flexibility index (Phi) is 3.61. The Labute approximate surface area is 88.3 Å². The lowest BCUT2D eigenvalue weighted by Gasteiger charge is -2.23. The van der Waals surface area contributed by atoms with Crippen molar-refractivity contribution in [2.45, 2.75) is 18.8 Å². The lowest BCUT2D eigenvalue weighted by atomic mass is 9.80. The lowest BCUT2D eigenvalue weighted by molar-refractivity contribution is -0.190. The van der Waals surface area contributed by atoms with Gasteiger partial charge in [-0.1, -0.05) is 36.4 Å². The number of hydrogen-bond acceptors (Lipinski definition) is 2. The Balaban J connectivity index is 3.12. The van der Waals surface area contributed by atoms with Crippen LogP contribution in [0, 0.1) is 0 Å². The van der Waals surface area contributed by atoms with Gasteiger partial charge in [0.1, 0.15) is 0 Å². The largest absolute Gasteiger partial charge is 0.359 e. The molecule has 0 aromatic heterocycles. The fourth-order valence-electron chi connectivity index (χ4n) is 1.50. The summed E-state index contributed by atoms with van der Waals surface area (Å²) >= 11 is 0. The maximum atomic E-state index is 12.0. The van der Waals surface area contributed by atoms with Gasteiger partial charge in [-0.15, -0.1) is 6.58 Å². The highest BCUT2D eigenvalue weighted by Crippen LogP contribution is 2.29. The molecule has 0 spiro atoms. The molecule has 1 atom stereocenters. The fraction of sp³-hybridized carbons (Fsp3) is 0.250. The molecule has 0 heterocycles. The molecular formula is C12H13FO2. The summed E-state index contributed by atoms with van der Waals surface area (Å²) in [5, 5.41) is 0. The van der Waals surface area contributed by atoms with E-state index in [9.17, 15) is 9.32 Å². The van der Waals surface area contributed by atoms with E-state index in [-0.39, 0.29) is 0 Å². The summed E-state index contributed by atoms with van der Waals surface area (Å²) < 4.78 is 12.0. The number of benzene rings is 1. The van der Waals surface area contributed by atoms with Crippen molar-refractivity contribution in [2.24, 2.45) is 0 Å². The number of hydrogen-bond donors (Lipinski definition) is 0. The smallest absolute Gasteiger partial charge is 0.254 e. The van der Waals surface area contributed by atoms with Crippen molar-refractivity contribution in [1.29, 1.82) is 0 Å². The van der Waals surface area contributed by atoms with Crippen LogP contribution in [0.4, 0.5) is 4.53 Å². The Bertz CT molecular complexity index is 348. The monoisotopic (exact) mass is 208 g/mol. The van der Waals surface area contributed by atoms with Gasteiger partial charge < -0.3 is 0 Å².